The minimum atomic E-state index is -0.172. The number of hydrogen-bond donors (Lipinski definition) is 1. The molecule has 2 aromatic carbocycles. The highest BCUT2D eigenvalue weighted by atomic mass is 16.3. The van der Waals surface area contributed by atoms with E-state index in [1.54, 1.807) is 0 Å². The standard InChI is InChI=1S/C19H22O/c20-18-14-8-7-13-17(18)19(15-9-3-1-4-10-15)16-11-5-2-6-12-16/h1-6,9-12,17-20H,7-8,13-14H2. The molecular formula is C19H22O. The van der Waals surface area contributed by atoms with Crippen molar-refractivity contribution in [2.24, 2.45) is 5.92 Å². The lowest BCUT2D eigenvalue weighted by molar-refractivity contribution is 0.0613. The van der Waals surface area contributed by atoms with Gasteiger partial charge in [-0.15, -0.1) is 0 Å². The Hall–Kier alpha value is -1.60. The van der Waals surface area contributed by atoms with E-state index in [1.807, 2.05) is 0 Å². The summed E-state index contributed by atoms with van der Waals surface area (Å²) in [4.78, 5) is 0. The Bertz CT molecular complexity index is 480. The first-order valence-electron chi connectivity index (χ1n) is 7.64. The molecule has 1 aliphatic rings. The van der Waals surface area contributed by atoms with E-state index in [4.69, 9.17) is 0 Å². The van der Waals surface area contributed by atoms with Crippen molar-refractivity contribution >= 4 is 0 Å². The monoisotopic (exact) mass is 266 g/mol. The molecule has 0 heterocycles. The molecule has 0 aromatic heterocycles. The molecule has 0 spiro atoms. The highest BCUT2D eigenvalue weighted by molar-refractivity contribution is 5.33. The average Bonchev–Trinajstić information content (AvgIpc) is 2.52. The molecule has 2 aromatic rings. The molecule has 0 saturated heterocycles. The van der Waals surface area contributed by atoms with Crippen LogP contribution >= 0.6 is 0 Å². The molecule has 104 valence electrons. The normalized spacial score (nSPS) is 22.9. The van der Waals surface area contributed by atoms with Crippen LogP contribution in [0.4, 0.5) is 0 Å². The summed E-state index contributed by atoms with van der Waals surface area (Å²) in [5.74, 6) is 0.654. The van der Waals surface area contributed by atoms with Crippen LogP contribution in [0.25, 0.3) is 0 Å². The summed E-state index contributed by atoms with van der Waals surface area (Å²) in [6, 6.07) is 21.3. The van der Waals surface area contributed by atoms with E-state index >= 15 is 0 Å². The van der Waals surface area contributed by atoms with Crippen LogP contribution in [0.1, 0.15) is 42.7 Å². The van der Waals surface area contributed by atoms with Crippen molar-refractivity contribution in [2.75, 3.05) is 0 Å². The smallest absolute Gasteiger partial charge is 0.0577 e. The first-order valence-corrected chi connectivity index (χ1v) is 7.64. The Morgan fingerprint density at radius 1 is 0.750 bits per heavy atom. The molecule has 1 aliphatic carbocycles. The van der Waals surface area contributed by atoms with Crippen molar-refractivity contribution in [1.82, 2.24) is 0 Å². The molecule has 1 fully saturated rings. The molecule has 3 rings (SSSR count). The number of aliphatic hydroxyl groups excluding tert-OH is 1. The zero-order chi connectivity index (χ0) is 13.8. The van der Waals surface area contributed by atoms with Crippen molar-refractivity contribution in [3.8, 4) is 0 Å². The molecule has 20 heavy (non-hydrogen) atoms. The SMILES string of the molecule is OC1CCCCC1C(c1ccccc1)c1ccccc1. The van der Waals surface area contributed by atoms with Crippen LogP contribution in [0.3, 0.4) is 0 Å². The van der Waals surface area contributed by atoms with Crippen molar-refractivity contribution < 1.29 is 5.11 Å². The molecule has 2 atom stereocenters. The van der Waals surface area contributed by atoms with Gasteiger partial charge in [0.2, 0.25) is 0 Å². The summed E-state index contributed by atoms with van der Waals surface area (Å²) in [7, 11) is 0. The molecule has 1 N–H and O–H groups in total. The van der Waals surface area contributed by atoms with Crippen LogP contribution in [0, 0.1) is 5.92 Å². The van der Waals surface area contributed by atoms with Gasteiger partial charge in [-0.2, -0.15) is 0 Å². The van der Waals surface area contributed by atoms with E-state index in [0.717, 1.165) is 19.3 Å². The first-order chi connectivity index (χ1) is 9.86. The Labute approximate surface area is 121 Å². The van der Waals surface area contributed by atoms with Crippen LogP contribution in [0.15, 0.2) is 60.7 Å². The number of aliphatic hydroxyl groups is 1. The van der Waals surface area contributed by atoms with Crippen molar-refractivity contribution in [1.29, 1.82) is 0 Å². The molecule has 1 nitrogen and oxygen atoms in total. The van der Waals surface area contributed by atoms with Gasteiger partial charge in [-0.05, 0) is 29.9 Å². The molecule has 1 saturated carbocycles. The van der Waals surface area contributed by atoms with Gasteiger partial charge in [0.05, 0.1) is 6.10 Å². The topological polar surface area (TPSA) is 20.2 Å². The summed E-state index contributed by atoms with van der Waals surface area (Å²) >= 11 is 0. The van der Waals surface area contributed by atoms with Gasteiger partial charge in [-0.1, -0.05) is 73.5 Å². The van der Waals surface area contributed by atoms with Crippen molar-refractivity contribution in [3.05, 3.63) is 71.8 Å². The fourth-order valence-corrected chi connectivity index (χ4v) is 3.54. The Morgan fingerprint density at radius 2 is 1.25 bits per heavy atom. The van der Waals surface area contributed by atoms with E-state index < -0.39 is 0 Å². The highest BCUT2D eigenvalue weighted by Crippen LogP contribution is 2.40. The Kier molecular flexibility index (Phi) is 4.17. The summed E-state index contributed by atoms with van der Waals surface area (Å²) in [6.07, 6.45) is 4.29. The second kappa shape index (κ2) is 6.23. The van der Waals surface area contributed by atoms with Gasteiger partial charge in [0.15, 0.2) is 0 Å². The second-order valence-corrected chi connectivity index (χ2v) is 5.81. The fourth-order valence-electron chi connectivity index (χ4n) is 3.54. The molecule has 0 bridgehead atoms. The van der Waals surface area contributed by atoms with E-state index in [2.05, 4.69) is 60.7 Å². The van der Waals surface area contributed by atoms with Gasteiger partial charge in [-0.3, -0.25) is 0 Å². The van der Waals surface area contributed by atoms with Crippen molar-refractivity contribution in [3.63, 3.8) is 0 Å². The number of benzene rings is 2. The zero-order valence-electron chi connectivity index (χ0n) is 11.8. The van der Waals surface area contributed by atoms with Crippen LogP contribution < -0.4 is 0 Å². The van der Waals surface area contributed by atoms with Gasteiger partial charge < -0.3 is 5.11 Å². The fraction of sp³-hybridized carbons (Fsp3) is 0.368. The summed E-state index contributed by atoms with van der Waals surface area (Å²) in [5, 5.41) is 10.5. The maximum Gasteiger partial charge on any atom is 0.0577 e. The van der Waals surface area contributed by atoms with Crippen LogP contribution in [0.2, 0.25) is 0 Å². The van der Waals surface area contributed by atoms with Crippen molar-refractivity contribution in [2.45, 2.75) is 37.7 Å². The molecule has 1 heteroatoms. The van der Waals surface area contributed by atoms with E-state index in [9.17, 15) is 5.11 Å². The largest absolute Gasteiger partial charge is 0.393 e. The zero-order valence-corrected chi connectivity index (χ0v) is 11.8. The maximum atomic E-state index is 10.5. The number of rotatable bonds is 3. The number of hydrogen-bond acceptors (Lipinski definition) is 1. The molecular weight excluding hydrogens is 244 g/mol. The quantitative estimate of drug-likeness (QED) is 0.874. The highest BCUT2D eigenvalue weighted by Gasteiger charge is 2.32. The molecule has 2 unspecified atom stereocenters. The Morgan fingerprint density at radius 3 is 1.75 bits per heavy atom. The predicted molar refractivity (Wildman–Crippen MR) is 82.7 cm³/mol. The molecule has 0 radical (unpaired) electrons. The van der Waals surface area contributed by atoms with Crippen LogP contribution in [0.5, 0.6) is 0 Å². The van der Waals surface area contributed by atoms with Gasteiger partial charge in [0.1, 0.15) is 0 Å². The van der Waals surface area contributed by atoms with E-state index in [0.29, 0.717) is 11.8 Å². The minimum absolute atomic E-state index is 0.172. The average molecular weight is 266 g/mol. The lowest BCUT2D eigenvalue weighted by Crippen LogP contribution is -2.30. The molecule has 0 aliphatic heterocycles. The van der Waals surface area contributed by atoms with Gasteiger partial charge in [0, 0.05) is 5.92 Å². The maximum absolute atomic E-state index is 10.5. The van der Waals surface area contributed by atoms with E-state index in [-0.39, 0.29) is 6.10 Å². The lowest BCUT2D eigenvalue weighted by Gasteiger charge is -2.35. The summed E-state index contributed by atoms with van der Waals surface area (Å²) in [5.41, 5.74) is 2.65. The predicted octanol–water partition coefficient (Wildman–Crippen LogP) is 4.37. The third kappa shape index (κ3) is 2.78. The van der Waals surface area contributed by atoms with Crippen LogP contribution in [-0.2, 0) is 0 Å². The van der Waals surface area contributed by atoms with Gasteiger partial charge in [0.25, 0.3) is 0 Å². The van der Waals surface area contributed by atoms with Gasteiger partial charge in [-0.25, -0.2) is 0 Å². The van der Waals surface area contributed by atoms with Gasteiger partial charge >= 0.3 is 0 Å². The molecule has 0 amide bonds. The first kappa shape index (κ1) is 13.4. The third-order valence-electron chi connectivity index (χ3n) is 4.53. The van der Waals surface area contributed by atoms with Crippen LogP contribution in [-0.4, -0.2) is 11.2 Å². The Balaban J connectivity index is 1.99. The minimum Gasteiger partial charge on any atom is -0.393 e. The summed E-state index contributed by atoms with van der Waals surface area (Å²) in [6.45, 7) is 0. The lowest BCUT2D eigenvalue weighted by atomic mass is 9.72. The second-order valence-electron chi connectivity index (χ2n) is 5.81. The van der Waals surface area contributed by atoms with E-state index in [1.165, 1.54) is 17.5 Å². The summed E-state index contributed by atoms with van der Waals surface area (Å²) < 4.78 is 0. The third-order valence-corrected chi connectivity index (χ3v) is 4.53.